The maximum absolute atomic E-state index is 13.4. The van der Waals surface area contributed by atoms with E-state index in [0.717, 1.165) is 11.3 Å². The minimum atomic E-state index is -0.343. The smallest absolute Gasteiger partial charge is 0.270 e. The van der Waals surface area contributed by atoms with E-state index >= 15 is 0 Å². The van der Waals surface area contributed by atoms with E-state index in [-0.39, 0.29) is 24.1 Å². The van der Waals surface area contributed by atoms with Crippen molar-refractivity contribution >= 4 is 22.7 Å². The van der Waals surface area contributed by atoms with E-state index in [0.29, 0.717) is 42.8 Å². The second kappa shape index (κ2) is 7.95. The summed E-state index contributed by atoms with van der Waals surface area (Å²) in [4.78, 5) is 31.9. The van der Waals surface area contributed by atoms with Gasteiger partial charge in [-0.3, -0.25) is 9.59 Å². The molecule has 1 N–H and O–H groups in total. The molecule has 1 aromatic heterocycles. The number of hydrogen-bond acceptors (Lipinski definition) is 3. The van der Waals surface area contributed by atoms with E-state index in [1.807, 2.05) is 24.3 Å². The number of fused-ring (bicyclic) bond motifs is 1. The number of carbonyl (C=O) groups is 2. The zero-order valence-corrected chi connectivity index (χ0v) is 16.2. The molecule has 2 heterocycles. The quantitative estimate of drug-likeness (QED) is 0.738. The Bertz CT molecular complexity index is 1050. The van der Waals surface area contributed by atoms with Crippen molar-refractivity contribution in [2.75, 3.05) is 26.7 Å². The summed E-state index contributed by atoms with van der Waals surface area (Å²) in [6.45, 7) is 1.77. The Morgan fingerprint density at radius 3 is 2.66 bits per heavy atom. The second-order valence-corrected chi connectivity index (χ2v) is 7.12. The number of H-pyrrole nitrogens is 1. The standard InChI is InChI=1S/C22H22FN3O3/c1-29-18-5-2-15(3-6-18)14-26-11-10-25(9-8-21(26)27)22(28)20-13-16-12-17(23)4-7-19(16)24-20/h2-7,12-13,24H,8-11,14H2,1H3. The molecule has 0 radical (unpaired) electrons. The normalized spacial score (nSPS) is 14.9. The molecule has 1 saturated heterocycles. The molecule has 150 valence electrons. The molecule has 4 rings (SSSR count). The molecule has 1 aliphatic rings. The summed E-state index contributed by atoms with van der Waals surface area (Å²) in [6.07, 6.45) is 0.275. The number of benzene rings is 2. The van der Waals surface area contributed by atoms with E-state index in [1.54, 1.807) is 29.0 Å². The number of hydrogen-bond donors (Lipinski definition) is 1. The van der Waals surface area contributed by atoms with Crippen LogP contribution in [0.3, 0.4) is 0 Å². The fourth-order valence-electron chi connectivity index (χ4n) is 3.58. The molecule has 7 heteroatoms. The first-order valence-electron chi connectivity index (χ1n) is 9.52. The van der Waals surface area contributed by atoms with Crippen molar-refractivity contribution in [1.29, 1.82) is 0 Å². The number of nitrogens with one attached hydrogen (secondary N) is 1. The third-order valence-electron chi connectivity index (χ3n) is 5.22. The van der Waals surface area contributed by atoms with Gasteiger partial charge in [-0.25, -0.2) is 4.39 Å². The Morgan fingerprint density at radius 2 is 1.90 bits per heavy atom. The largest absolute Gasteiger partial charge is 0.497 e. The van der Waals surface area contributed by atoms with Gasteiger partial charge in [0.25, 0.3) is 5.91 Å². The molecular formula is C22H22FN3O3. The fraction of sp³-hybridized carbons (Fsp3) is 0.273. The number of halogens is 1. The molecule has 3 aromatic rings. The number of aromatic nitrogens is 1. The lowest BCUT2D eigenvalue weighted by molar-refractivity contribution is -0.130. The molecule has 2 aromatic carbocycles. The second-order valence-electron chi connectivity index (χ2n) is 7.12. The van der Waals surface area contributed by atoms with E-state index in [9.17, 15) is 14.0 Å². The van der Waals surface area contributed by atoms with Gasteiger partial charge in [-0.1, -0.05) is 12.1 Å². The lowest BCUT2D eigenvalue weighted by Gasteiger charge is -2.22. The Morgan fingerprint density at radius 1 is 1.10 bits per heavy atom. The van der Waals surface area contributed by atoms with Crippen molar-refractivity contribution in [2.24, 2.45) is 0 Å². The van der Waals surface area contributed by atoms with Crippen molar-refractivity contribution in [3.05, 3.63) is 65.6 Å². The molecule has 0 aliphatic carbocycles. The molecule has 0 spiro atoms. The lowest BCUT2D eigenvalue weighted by atomic mass is 10.2. The van der Waals surface area contributed by atoms with Crippen LogP contribution in [0.15, 0.2) is 48.5 Å². The molecule has 0 unspecified atom stereocenters. The molecule has 2 amide bonds. The lowest BCUT2D eigenvalue weighted by Crippen LogP contribution is -2.35. The molecular weight excluding hydrogens is 373 g/mol. The van der Waals surface area contributed by atoms with Crippen molar-refractivity contribution < 1.29 is 18.7 Å². The first-order valence-corrected chi connectivity index (χ1v) is 9.52. The average Bonchev–Trinajstić information content (AvgIpc) is 3.07. The summed E-state index contributed by atoms with van der Waals surface area (Å²) in [5, 5.41) is 0.653. The van der Waals surface area contributed by atoms with Crippen LogP contribution in [0.1, 0.15) is 22.5 Å². The van der Waals surface area contributed by atoms with Gasteiger partial charge in [0.05, 0.1) is 7.11 Å². The number of ether oxygens (including phenoxy) is 1. The molecule has 29 heavy (non-hydrogen) atoms. The van der Waals surface area contributed by atoms with Crippen LogP contribution in [-0.4, -0.2) is 53.3 Å². The SMILES string of the molecule is COc1ccc(CN2CCN(C(=O)c3cc4cc(F)ccc4[nH]3)CCC2=O)cc1. The monoisotopic (exact) mass is 395 g/mol. The van der Waals surface area contributed by atoms with Crippen molar-refractivity contribution in [1.82, 2.24) is 14.8 Å². The van der Waals surface area contributed by atoms with Gasteiger partial charge < -0.3 is 19.5 Å². The topological polar surface area (TPSA) is 65.6 Å². The highest BCUT2D eigenvalue weighted by Gasteiger charge is 2.25. The van der Waals surface area contributed by atoms with Crippen LogP contribution < -0.4 is 4.74 Å². The van der Waals surface area contributed by atoms with Gasteiger partial charge in [-0.2, -0.15) is 0 Å². The van der Waals surface area contributed by atoms with Crippen LogP contribution in [0.4, 0.5) is 4.39 Å². The number of carbonyl (C=O) groups excluding carboxylic acids is 2. The first-order chi connectivity index (χ1) is 14.0. The van der Waals surface area contributed by atoms with Gasteiger partial charge in [0.15, 0.2) is 0 Å². The number of aromatic amines is 1. The first kappa shape index (κ1) is 19.0. The molecule has 0 atom stereocenters. The van der Waals surface area contributed by atoms with Crippen LogP contribution in [0.5, 0.6) is 5.75 Å². The Hall–Kier alpha value is -3.35. The van der Waals surface area contributed by atoms with Crippen LogP contribution >= 0.6 is 0 Å². The predicted molar refractivity (Wildman–Crippen MR) is 107 cm³/mol. The average molecular weight is 395 g/mol. The third-order valence-corrected chi connectivity index (χ3v) is 5.22. The number of nitrogens with zero attached hydrogens (tertiary/aromatic N) is 2. The number of methoxy groups -OCH3 is 1. The van der Waals surface area contributed by atoms with Gasteiger partial charge in [0, 0.05) is 43.5 Å². The van der Waals surface area contributed by atoms with Crippen molar-refractivity contribution in [2.45, 2.75) is 13.0 Å². The van der Waals surface area contributed by atoms with Gasteiger partial charge in [0.2, 0.25) is 5.91 Å². The molecule has 1 aliphatic heterocycles. The van der Waals surface area contributed by atoms with Crippen LogP contribution in [0.2, 0.25) is 0 Å². The molecule has 0 bridgehead atoms. The Labute approximate surface area is 167 Å². The Kier molecular flexibility index (Phi) is 5.20. The van der Waals surface area contributed by atoms with Crippen LogP contribution in [0.25, 0.3) is 10.9 Å². The molecule has 1 fully saturated rings. The van der Waals surface area contributed by atoms with Gasteiger partial charge in [-0.15, -0.1) is 0 Å². The maximum Gasteiger partial charge on any atom is 0.270 e. The van der Waals surface area contributed by atoms with E-state index < -0.39 is 0 Å². The molecule has 6 nitrogen and oxygen atoms in total. The minimum Gasteiger partial charge on any atom is -0.497 e. The number of amides is 2. The zero-order valence-electron chi connectivity index (χ0n) is 16.2. The highest BCUT2D eigenvalue weighted by Crippen LogP contribution is 2.19. The highest BCUT2D eigenvalue weighted by atomic mass is 19.1. The van der Waals surface area contributed by atoms with Crippen LogP contribution in [-0.2, 0) is 11.3 Å². The minimum absolute atomic E-state index is 0.0230. The third kappa shape index (κ3) is 4.08. The fourth-order valence-corrected chi connectivity index (χ4v) is 3.58. The van der Waals surface area contributed by atoms with Crippen molar-refractivity contribution in [3.63, 3.8) is 0 Å². The summed E-state index contributed by atoms with van der Waals surface area (Å²) in [7, 11) is 1.61. The number of rotatable bonds is 4. The van der Waals surface area contributed by atoms with E-state index in [4.69, 9.17) is 4.74 Å². The summed E-state index contributed by atoms with van der Waals surface area (Å²) >= 11 is 0. The van der Waals surface area contributed by atoms with E-state index in [1.165, 1.54) is 12.1 Å². The Balaban J connectivity index is 1.44. The summed E-state index contributed by atoms with van der Waals surface area (Å²) in [5.74, 6) is 0.270. The summed E-state index contributed by atoms with van der Waals surface area (Å²) in [5.41, 5.74) is 2.13. The van der Waals surface area contributed by atoms with Crippen LogP contribution in [0, 0.1) is 5.82 Å². The summed E-state index contributed by atoms with van der Waals surface area (Å²) < 4.78 is 18.6. The van der Waals surface area contributed by atoms with Gasteiger partial charge in [0.1, 0.15) is 17.3 Å². The predicted octanol–water partition coefficient (Wildman–Crippen LogP) is 3.19. The maximum atomic E-state index is 13.4. The zero-order chi connectivity index (χ0) is 20.4. The van der Waals surface area contributed by atoms with Crippen molar-refractivity contribution in [3.8, 4) is 5.75 Å². The summed E-state index contributed by atoms with van der Waals surface area (Å²) in [6, 6.07) is 13.6. The van der Waals surface area contributed by atoms with Gasteiger partial charge in [-0.05, 0) is 42.0 Å². The van der Waals surface area contributed by atoms with E-state index in [2.05, 4.69) is 4.98 Å². The molecule has 0 saturated carbocycles. The van der Waals surface area contributed by atoms with Gasteiger partial charge >= 0.3 is 0 Å². The highest BCUT2D eigenvalue weighted by molar-refractivity contribution is 5.98.